The summed E-state index contributed by atoms with van der Waals surface area (Å²) in [4.78, 5) is 6.94. The van der Waals surface area contributed by atoms with E-state index in [0.29, 0.717) is 5.92 Å². The van der Waals surface area contributed by atoms with E-state index >= 15 is 0 Å². The van der Waals surface area contributed by atoms with Crippen molar-refractivity contribution >= 4 is 10.9 Å². The summed E-state index contributed by atoms with van der Waals surface area (Å²) in [5, 5.41) is 6.17. The highest BCUT2D eigenvalue weighted by molar-refractivity contribution is 5.95. The van der Waals surface area contributed by atoms with Crippen molar-refractivity contribution in [3.8, 4) is 11.3 Å². The quantitative estimate of drug-likeness (QED) is 0.158. The van der Waals surface area contributed by atoms with Gasteiger partial charge in [-0.05, 0) is 113 Å². The number of para-hydroxylation sites is 1. The highest BCUT2D eigenvalue weighted by Crippen LogP contribution is 2.33. The Labute approximate surface area is 290 Å². The third-order valence-corrected chi connectivity index (χ3v) is 10.0. The van der Waals surface area contributed by atoms with Crippen LogP contribution in [0.25, 0.3) is 22.2 Å². The minimum absolute atomic E-state index is 0.617. The van der Waals surface area contributed by atoms with Crippen molar-refractivity contribution in [2.75, 3.05) is 13.1 Å². The molecule has 3 aromatic carbocycles. The van der Waals surface area contributed by atoms with E-state index in [0.717, 1.165) is 18.2 Å². The molecule has 0 bridgehead atoms. The van der Waals surface area contributed by atoms with Crippen LogP contribution in [0.2, 0.25) is 0 Å². The monoisotopic (exact) mass is 642 g/mol. The molecule has 2 aromatic heterocycles. The maximum Gasteiger partial charge on any atom is 0.100 e. The van der Waals surface area contributed by atoms with Crippen molar-refractivity contribution in [2.45, 2.75) is 93.0 Å². The Hall–Kier alpha value is -4.02. The molecule has 0 radical (unpaired) electrons. The molecule has 1 aliphatic rings. The minimum Gasteiger partial charge on any atom is -0.299 e. The number of nitrogens with zero attached hydrogens (tertiary/aromatic N) is 4. The van der Waals surface area contributed by atoms with Gasteiger partial charge in [0.2, 0.25) is 0 Å². The van der Waals surface area contributed by atoms with E-state index in [1.165, 1.54) is 89.6 Å². The maximum absolute atomic E-state index is 4.91. The van der Waals surface area contributed by atoms with Crippen LogP contribution in [0.3, 0.4) is 0 Å². The van der Waals surface area contributed by atoms with Gasteiger partial charge in [-0.2, -0.15) is 5.10 Å². The summed E-state index contributed by atoms with van der Waals surface area (Å²) < 4.78 is 2.07. The summed E-state index contributed by atoms with van der Waals surface area (Å²) in [6.07, 6.45) is 10.5. The second-order valence-electron chi connectivity index (χ2n) is 13.6. The van der Waals surface area contributed by atoms with Crippen molar-refractivity contribution in [2.24, 2.45) is 13.0 Å². The third kappa shape index (κ3) is 10.00. The van der Waals surface area contributed by atoms with Gasteiger partial charge in [-0.1, -0.05) is 111 Å². The first-order valence-corrected chi connectivity index (χ1v) is 18.0. The van der Waals surface area contributed by atoms with Gasteiger partial charge in [0, 0.05) is 36.4 Å². The Balaban J connectivity index is 0.000000212. The fraction of sp³-hybridized carbons (Fsp3) is 0.409. The molecule has 4 heteroatoms. The first kappa shape index (κ1) is 36.8. The average molecular weight is 643 g/mol. The Morgan fingerprint density at radius 3 is 2.08 bits per heavy atom. The number of likely N-dealkylation sites (tertiary alicyclic amines) is 1. The van der Waals surface area contributed by atoms with Gasteiger partial charge in [-0.25, -0.2) is 0 Å². The van der Waals surface area contributed by atoms with Crippen molar-refractivity contribution in [1.82, 2.24) is 19.7 Å². The first-order chi connectivity index (χ1) is 23.2. The Morgan fingerprint density at radius 2 is 1.50 bits per heavy atom. The van der Waals surface area contributed by atoms with Crippen LogP contribution in [-0.4, -0.2) is 32.8 Å². The molecule has 3 heterocycles. The van der Waals surface area contributed by atoms with Gasteiger partial charge in [0.25, 0.3) is 0 Å². The first-order valence-electron chi connectivity index (χ1n) is 18.0. The zero-order valence-corrected chi connectivity index (χ0v) is 30.8. The normalized spacial score (nSPS) is 14.5. The molecule has 5 aromatic rings. The number of piperidine rings is 1. The van der Waals surface area contributed by atoms with Crippen LogP contribution in [0.15, 0.2) is 103 Å². The van der Waals surface area contributed by atoms with E-state index in [1.807, 2.05) is 12.3 Å². The molecule has 0 saturated carbocycles. The Morgan fingerprint density at radius 1 is 0.854 bits per heavy atom. The largest absolute Gasteiger partial charge is 0.299 e. The lowest BCUT2D eigenvalue weighted by Gasteiger charge is -2.32. The van der Waals surface area contributed by atoms with E-state index in [-0.39, 0.29) is 0 Å². The number of fused-ring (bicyclic) bond motifs is 1. The van der Waals surface area contributed by atoms with Gasteiger partial charge in [0.1, 0.15) is 5.69 Å². The number of allylic oxidation sites excluding steroid dienone is 2. The molecule has 1 unspecified atom stereocenters. The molecule has 0 N–H and O–H groups in total. The van der Waals surface area contributed by atoms with Crippen molar-refractivity contribution in [3.05, 3.63) is 131 Å². The molecular weight excluding hydrogens is 585 g/mol. The van der Waals surface area contributed by atoms with Crippen LogP contribution < -0.4 is 0 Å². The maximum atomic E-state index is 4.91. The lowest BCUT2D eigenvalue weighted by Crippen LogP contribution is -2.33. The summed E-state index contributed by atoms with van der Waals surface area (Å²) in [6, 6.07) is 29.7. The zero-order chi connectivity index (χ0) is 34.5. The molecule has 1 aliphatic heterocycles. The van der Waals surface area contributed by atoms with Crippen molar-refractivity contribution in [1.29, 1.82) is 0 Å². The second-order valence-corrected chi connectivity index (χ2v) is 13.6. The number of benzene rings is 3. The SMILES string of the molecule is CC=C(C)C1CCN(Cc2cccc3c(-c4ccccc4C)nn(C)c23)CC1.CCCCC(C)c1ccccn1.Cc1ccccc1C. The highest BCUT2D eigenvalue weighted by atomic mass is 15.3. The van der Waals surface area contributed by atoms with Gasteiger partial charge in [-0.15, -0.1) is 0 Å². The molecular formula is C44H58N4. The smallest absolute Gasteiger partial charge is 0.100 e. The number of rotatable bonds is 8. The van der Waals surface area contributed by atoms with Gasteiger partial charge in [0.05, 0.1) is 5.52 Å². The molecule has 1 saturated heterocycles. The fourth-order valence-corrected chi connectivity index (χ4v) is 6.59. The number of aromatic nitrogens is 3. The lowest BCUT2D eigenvalue weighted by molar-refractivity contribution is 0.192. The number of pyridine rings is 1. The number of aryl methyl sites for hydroxylation is 4. The number of hydrogen-bond acceptors (Lipinski definition) is 3. The van der Waals surface area contributed by atoms with Crippen LogP contribution in [0.4, 0.5) is 0 Å². The van der Waals surface area contributed by atoms with Gasteiger partial charge in [-0.3, -0.25) is 14.6 Å². The second kappa shape index (κ2) is 18.5. The summed E-state index contributed by atoms with van der Waals surface area (Å²) in [7, 11) is 2.08. The highest BCUT2D eigenvalue weighted by Gasteiger charge is 2.22. The van der Waals surface area contributed by atoms with E-state index in [9.17, 15) is 0 Å². The number of unbranched alkanes of at least 4 members (excludes halogenated alkanes) is 1. The average Bonchev–Trinajstić information content (AvgIpc) is 3.46. The van der Waals surface area contributed by atoms with Gasteiger partial charge < -0.3 is 0 Å². The van der Waals surface area contributed by atoms with Crippen molar-refractivity contribution in [3.63, 3.8) is 0 Å². The zero-order valence-electron chi connectivity index (χ0n) is 30.8. The molecule has 254 valence electrons. The predicted molar refractivity (Wildman–Crippen MR) is 206 cm³/mol. The molecule has 0 aliphatic carbocycles. The Bertz CT molecular complexity index is 1700. The summed E-state index contributed by atoms with van der Waals surface area (Å²) in [5.41, 5.74) is 11.8. The summed E-state index contributed by atoms with van der Waals surface area (Å²) >= 11 is 0. The fourth-order valence-electron chi connectivity index (χ4n) is 6.59. The lowest BCUT2D eigenvalue weighted by atomic mass is 9.89. The minimum atomic E-state index is 0.617. The van der Waals surface area contributed by atoms with E-state index in [1.54, 1.807) is 5.57 Å². The molecule has 0 amide bonds. The summed E-state index contributed by atoms with van der Waals surface area (Å²) in [6.45, 7) is 18.7. The number of hydrogen-bond donors (Lipinski definition) is 0. The van der Waals surface area contributed by atoms with Crippen LogP contribution in [0.5, 0.6) is 0 Å². The molecule has 4 nitrogen and oxygen atoms in total. The van der Waals surface area contributed by atoms with Crippen LogP contribution in [-0.2, 0) is 13.6 Å². The van der Waals surface area contributed by atoms with E-state index in [4.69, 9.17) is 5.10 Å². The predicted octanol–water partition coefficient (Wildman–Crippen LogP) is 11.4. The summed E-state index contributed by atoms with van der Waals surface area (Å²) in [5.74, 6) is 1.38. The molecule has 48 heavy (non-hydrogen) atoms. The van der Waals surface area contributed by atoms with E-state index < -0.39 is 0 Å². The van der Waals surface area contributed by atoms with E-state index in [2.05, 4.69) is 155 Å². The van der Waals surface area contributed by atoms with Crippen molar-refractivity contribution < 1.29 is 0 Å². The molecule has 1 atom stereocenters. The standard InChI is InChI=1S/C25H31N3.C11H17N.C8H10/c1-5-18(2)20-13-15-28(16-14-20)17-21-10-8-12-23-24(26-27(4)25(21)23)22-11-7-6-9-19(22)3;1-3-4-7-10(2)11-8-5-6-9-12-11;1-7-5-3-4-6-8(7)2/h5-12,20H,13-17H2,1-4H3;5-6,8-10H,3-4,7H2,1-2H3;3-6H,1-2H3. The van der Waals surface area contributed by atoms with Crippen LogP contribution >= 0.6 is 0 Å². The topological polar surface area (TPSA) is 34.0 Å². The Kier molecular flexibility index (Phi) is 14.2. The van der Waals surface area contributed by atoms with Gasteiger partial charge >= 0.3 is 0 Å². The molecule has 0 spiro atoms. The third-order valence-electron chi connectivity index (χ3n) is 10.0. The van der Waals surface area contributed by atoms with Gasteiger partial charge in [0.15, 0.2) is 0 Å². The van der Waals surface area contributed by atoms with Crippen LogP contribution in [0.1, 0.15) is 93.7 Å². The molecule has 6 rings (SSSR count). The molecule has 1 fully saturated rings. The van der Waals surface area contributed by atoms with Crippen LogP contribution in [0, 0.1) is 26.7 Å².